The number of amides is 1. The topological polar surface area (TPSA) is 69.3 Å². The highest BCUT2D eigenvalue weighted by Crippen LogP contribution is 2.38. The summed E-state index contributed by atoms with van der Waals surface area (Å²) in [6, 6.07) is 7.58. The van der Waals surface area contributed by atoms with Crippen LogP contribution in [0.1, 0.15) is 50.6 Å². The highest BCUT2D eigenvalue weighted by Gasteiger charge is 2.36. The third-order valence-electron chi connectivity index (χ3n) is 7.66. The van der Waals surface area contributed by atoms with Crippen molar-refractivity contribution >= 4 is 33.8 Å². The number of nitrogens with zero attached hydrogens (tertiary/aromatic N) is 2. The second-order valence-electron chi connectivity index (χ2n) is 10.6. The monoisotopic (exact) mass is 501 g/mol. The highest BCUT2D eigenvalue weighted by molar-refractivity contribution is 6.01. The molecule has 0 radical (unpaired) electrons. The van der Waals surface area contributed by atoms with Crippen molar-refractivity contribution in [2.24, 2.45) is 5.92 Å². The molecule has 0 unspecified atom stereocenters. The Morgan fingerprint density at radius 3 is 2.42 bits per heavy atom. The number of piperidine rings is 1. The summed E-state index contributed by atoms with van der Waals surface area (Å²) < 4.78 is 41.2. The fourth-order valence-electron chi connectivity index (χ4n) is 5.33. The summed E-state index contributed by atoms with van der Waals surface area (Å²) in [5, 5.41) is 11.2. The predicted octanol–water partition coefficient (Wildman–Crippen LogP) is 5.18. The van der Waals surface area contributed by atoms with Gasteiger partial charge in [0.25, 0.3) is 0 Å². The zero-order valence-corrected chi connectivity index (χ0v) is 20.6. The molecule has 2 aliphatic carbocycles. The molecule has 6 nitrogen and oxygen atoms in total. The van der Waals surface area contributed by atoms with Gasteiger partial charge in [0.2, 0.25) is 5.91 Å². The zero-order valence-electron chi connectivity index (χ0n) is 20.6. The second kappa shape index (κ2) is 9.92. The standard InChI is InChI=1S/C27H34F3N5O/c1-16(27(28,29)30)25-21-4-3-5-23(31-18-10-12-35(2)13-11-18)22(21)15-24(34-25)32-19-8-9-20(14-19)33-26(36)17-6-7-17/h3-5,15,17-20,31H,1,6-14H2,2H3,(H,32,34)(H,33,36)/t19-,20-/m0/s1. The minimum atomic E-state index is -4.58. The summed E-state index contributed by atoms with van der Waals surface area (Å²) >= 11 is 0. The normalized spacial score (nSPS) is 23.6. The summed E-state index contributed by atoms with van der Waals surface area (Å²) in [5.41, 5.74) is -0.288. The Hall–Kier alpha value is -2.81. The van der Waals surface area contributed by atoms with E-state index in [0.29, 0.717) is 16.6 Å². The van der Waals surface area contributed by atoms with Crippen LogP contribution in [0.3, 0.4) is 0 Å². The van der Waals surface area contributed by atoms with Crippen LogP contribution in [-0.4, -0.2) is 60.2 Å². The van der Waals surface area contributed by atoms with Crippen LogP contribution in [0.5, 0.6) is 0 Å². The first-order chi connectivity index (χ1) is 17.2. The number of likely N-dealkylation sites (tertiary alicyclic amines) is 1. The molecule has 0 bridgehead atoms. The van der Waals surface area contributed by atoms with Gasteiger partial charge in [-0.05, 0) is 77.2 Å². The first-order valence-corrected chi connectivity index (χ1v) is 12.9. The average Bonchev–Trinajstić information content (AvgIpc) is 3.61. The molecule has 1 saturated heterocycles. The number of halogens is 3. The molecule has 0 spiro atoms. The van der Waals surface area contributed by atoms with Crippen molar-refractivity contribution < 1.29 is 18.0 Å². The van der Waals surface area contributed by atoms with E-state index in [1.165, 1.54) is 0 Å². The Morgan fingerprint density at radius 1 is 1.00 bits per heavy atom. The summed E-state index contributed by atoms with van der Waals surface area (Å²) in [5.74, 6) is 0.683. The number of hydrogen-bond donors (Lipinski definition) is 3. The molecular weight excluding hydrogens is 467 g/mol. The van der Waals surface area contributed by atoms with Gasteiger partial charge in [0.15, 0.2) is 0 Å². The van der Waals surface area contributed by atoms with Crippen LogP contribution in [0.25, 0.3) is 16.3 Å². The van der Waals surface area contributed by atoms with Crippen LogP contribution in [0.15, 0.2) is 30.8 Å². The largest absolute Gasteiger partial charge is 0.417 e. The number of allylic oxidation sites excluding steroid dienone is 1. The number of benzene rings is 1. The van der Waals surface area contributed by atoms with Gasteiger partial charge in [-0.1, -0.05) is 18.7 Å². The molecule has 1 aliphatic heterocycles. The van der Waals surface area contributed by atoms with Crippen LogP contribution >= 0.6 is 0 Å². The van der Waals surface area contributed by atoms with Crippen LogP contribution in [0.4, 0.5) is 24.7 Å². The minimum absolute atomic E-state index is 0.0282. The third kappa shape index (κ3) is 5.61. The van der Waals surface area contributed by atoms with Gasteiger partial charge in [0.1, 0.15) is 5.82 Å². The van der Waals surface area contributed by atoms with Crippen LogP contribution < -0.4 is 16.0 Å². The SMILES string of the molecule is C=C(c1nc(N[C@H]2CC[C@H](NC(=O)C3CC3)C2)cc2c(NC3CCN(C)CC3)cccc12)C(F)(F)F. The van der Waals surface area contributed by atoms with Crippen molar-refractivity contribution in [2.45, 2.75) is 69.2 Å². The number of pyridine rings is 1. The Labute approximate surface area is 209 Å². The number of alkyl halides is 3. The lowest BCUT2D eigenvalue weighted by Gasteiger charge is -2.30. The lowest BCUT2D eigenvalue weighted by Crippen LogP contribution is -2.36. The summed E-state index contributed by atoms with van der Waals surface area (Å²) in [7, 11) is 2.09. The first kappa shape index (κ1) is 24.9. The van der Waals surface area contributed by atoms with E-state index in [0.717, 1.165) is 63.7 Å². The lowest BCUT2D eigenvalue weighted by molar-refractivity contribution is -0.122. The lowest BCUT2D eigenvalue weighted by atomic mass is 10.0. The summed E-state index contributed by atoms with van der Waals surface area (Å²) in [6.07, 6.45) is 1.67. The van der Waals surface area contributed by atoms with E-state index in [1.54, 1.807) is 12.1 Å². The van der Waals surface area contributed by atoms with Gasteiger partial charge in [-0.2, -0.15) is 13.2 Å². The number of fused-ring (bicyclic) bond motifs is 1. The number of anilines is 2. The number of nitrogens with one attached hydrogen (secondary N) is 3. The van der Waals surface area contributed by atoms with Crippen molar-refractivity contribution in [3.8, 4) is 0 Å². The van der Waals surface area contributed by atoms with E-state index in [4.69, 9.17) is 0 Å². The fourth-order valence-corrected chi connectivity index (χ4v) is 5.33. The Morgan fingerprint density at radius 2 is 1.72 bits per heavy atom. The molecule has 3 aliphatic rings. The molecule has 5 rings (SSSR count). The number of carbonyl (C=O) groups is 1. The van der Waals surface area contributed by atoms with Gasteiger partial charge in [0, 0.05) is 40.5 Å². The van der Waals surface area contributed by atoms with Gasteiger partial charge >= 0.3 is 6.18 Å². The second-order valence-corrected chi connectivity index (χ2v) is 10.6. The molecule has 3 N–H and O–H groups in total. The van der Waals surface area contributed by atoms with Gasteiger partial charge in [-0.3, -0.25) is 4.79 Å². The van der Waals surface area contributed by atoms with Gasteiger partial charge in [-0.25, -0.2) is 4.98 Å². The van der Waals surface area contributed by atoms with E-state index in [9.17, 15) is 18.0 Å². The van der Waals surface area contributed by atoms with Crippen molar-refractivity contribution in [1.29, 1.82) is 0 Å². The van der Waals surface area contributed by atoms with Crippen molar-refractivity contribution in [3.63, 3.8) is 0 Å². The smallest absolute Gasteiger partial charge is 0.382 e. The minimum Gasteiger partial charge on any atom is -0.382 e. The molecule has 36 heavy (non-hydrogen) atoms. The van der Waals surface area contributed by atoms with E-state index >= 15 is 0 Å². The number of carbonyl (C=O) groups excluding carboxylic acids is 1. The van der Waals surface area contributed by atoms with E-state index in [2.05, 4.69) is 39.5 Å². The molecule has 1 aromatic carbocycles. The van der Waals surface area contributed by atoms with Crippen molar-refractivity contribution in [3.05, 3.63) is 36.5 Å². The third-order valence-corrected chi connectivity index (χ3v) is 7.66. The van der Waals surface area contributed by atoms with Crippen LogP contribution in [0.2, 0.25) is 0 Å². The van der Waals surface area contributed by atoms with E-state index in [1.807, 2.05) is 12.1 Å². The zero-order chi connectivity index (χ0) is 25.4. The quantitative estimate of drug-likeness (QED) is 0.488. The van der Waals surface area contributed by atoms with Gasteiger partial charge in [0.05, 0.1) is 11.3 Å². The van der Waals surface area contributed by atoms with Crippen LogP contribution in [0, 0.1) is 5.92 Å². The molecular formula is C27H34F3N5O. The fraction of sp³-hybridized carbons (Fsp3) is 0.556. The molecule has 3 fully saturated rings. The maximum Gasteiger partial charge on any atom is 0.417 e. The average molecular weight is 502 g/mol. The van der Waals surface area contributed by atoms with Crippen LogP contribution in [-0.2, 0) is 4.79 Å². The number of hydrogen-bond acceptors (Lipinski definition) is 5. The molecule has 9 heteroatoms. The molecule has 2 heterocycles. The summed E-state index contributed by atoms with van der Waals surface area (Å²) in [6.45, 7) is 5.31. The molecule has 2 aromatic rings. The van der Waals surface area contributed by atoms with E-state index < -0.39 is 11.7 Å². The molecule has 2 saturated carbocycles. The predicted molar refractivity (Wildman–Crippen MR) is 137 cm³/mol. The number of aromatic nitrogens is 1. The molecule has 1 amide bonds. The van der Waals surface area contributed by atoms with Gasteiger partial charge in [-0.15, -0.1) is 0 Å². The van der Waals surface area contributed by atoms with Crippen molar-refractivity contribution in [1.82, 2.24) is 15.2 Å². The first-order valence-electron chi connectivity index (χ1n) is 12.9. The summed E-state index contributed by atoms with van der Waals surface area (Å²) in [4.78, 5) is 18.8. The Balaban J connectivity index is 1.41. The maximum atomic E-state index is 13.7. The molecule has 194 valence electrons. The Kier molecular flexibility index (Phi) is 6.85. The Bertz CT molecular complexity index is 1140. The molecule has 1 aromatic heterocycles. The highest BCUT2D eigenvalue weighted by atomic mass is 19.4. The van der Waals surface area contributed by atoms with Gasteiger partial charge < -0.3 is 20.9 Å². The van der Waals surface area contributed by atoms with Crippen molar-refractivity contribution in [2.75, 3.05) is 30.8 Å². The van der Waals surface area contributed by atoms with E-state index in [-0.39, 0.29) is 35.6 Å². The number of rotatable bonds is 7. The maximum absolute atomic E-state index is 13.7. The molecule has 2 atom stereocenters.